The molecule has 0 spiro atoms. The predicted molar refractivity (Wildman–Crippen MR) is 71.2 cm³/mol. The van der Waals surface area contributed by atoms with Gasteiger partial charge >= 0.3 is 0 Å². The Hall–Kier alpha value is -1.14. The molecule has 0 aliphatic carbocycles. The fraction of sp³-hybridized carbons (Fsp3) is 0.583. The second-order valence-electron chi connectivity index (χ2n) is 4.24. The third-order valence-corrected chi connectivity index (χ3v) is 4.22. The van der Waals surface area contributed by atoms with Crippen LogP contribution in [0.25, 0.3) is 0 Å². The number of hydrogen-bond acceptors (Lipinski definition) is 4. The van der Waals surface area contributed by atoms with Gasteiger partial charge in [-0.1, -0.05) is 6.92 Å². The summed E-state index contributed by atoms with van der Waals surface area (Å²) in [6, 6.07) is 0. The molecule has 0 unspecified atom stereocenters. The molecule has 0 N–H and O–H groups in total. The Balaban J connectivity index is 3.12. The van der Waals surface area contributed by atoms with Crippen molar-refractivity contribution in [2.45, 2.75) is 27.3 Å². The minimum absolute atomic E-state index is 0.276. The van der Waals surface area contributed by atoms with Crippen LogP contribution in [0.1, 0.15) is 23.7 Å². The molecular weight excluding hydrogens is 252 g/mol. The van der Waals surface area contributed by atoms with Crippen molar-refractivity contribution in [1.82, 2.24) is 9.29 Å². The lowest BCUT2D eigenvalue weighted by atomic mass is 10.1. The van der Waals surface area contributed by atoms with Crippen LogP contribution in [0.15, 0.2) is 6.20 Å². The molecule has 0 saturated heterocycles. The average Bonchev–Trinajstić information content (AvgIpc) is 2.27. The molecule has 18 heavy (non-hydrogen) atoms. The zero-order valence-corrected chi connectivity index (χ0v) is 12.3. The molecule has 1 aromatic rings. The van der Waals surface area contributed by atoms with Gasteiger partial charge in [-0.3, -0.25) is 4.98 Å². The van der Waals surface area contributed by atoms with Crippen molar-refractivity contribution < 1.29 is 13.2 Å². The van der Waals surface area contributed by atoms with Crippen LogP contribution in [0, 0.1) is 13.8 Å². The summed E-state index contributed by atoms with van der Waals surface area (Å²) in [5, 5.41) is 0. The predicted octanol–water partition coefficient (Wildman–Crippen LogP) is 1.49. The second-order valence-corrected chi connectivity index (χ2v) is 6.22. The zero-order chi connectivity index (χ0) is 13.9. The summed E-state index contributed by atoms with van der Waals surface area (Å²) in [6.45, 7) is 6.32. The monoisotopic (exact) mass is 272 g/mol. The lowest BCUT2D eigenvalue weighted by molar-refractivity contribution is 0.399. The number of hydrogen-bond donors (Lipinski definition) is 0. The van der Waals surface area contributed by atoms with Crippen LogP contribution < -0.4 is 4.74 Å². The highest BCUT2D eigenvalue weighted by Crippen LogP contribution is 2.25. The summed E-state index contributed by atoms with van der Waals surface area (Å²) in [6.07, 6.45) is 2.91. The highest BCUT2D eigenvalue weighted by molar-refractivity contribution is 7.88. The topological polar surface area (TPSA) is 59.5 Å². The van der Waals surface area contributed by atoms with Gasteiger partial charge in [0.25, 0.3) is 0 Å². The van der Waals surface area contributed by atoms with Gasteiger partial charge in [0.1, 0.15) is 5.75 Å². The summed E-state index contributed by atoms with van der Waals surface area (Å²) in [5.74, 6) is 0.768. The minimum Gasteiger partial charge on any atom is -0.496 e. The average molecular weight is 272 g/mol. The van der Waals surface area contributed by atoms with Gasteiger partial charge in [0.2, 0.25) is 10.0 Å². The molecule has 1 heterocycles. The smallest absolute Gasteiger partial charge is 0.211 e. The van der Waals surface area contributed by atoms with Gasteiger partial charge in [-0.25, -0.2) is 8.42 Å². The van der Waals surface area contributed by atoms with Gasteiger partial charge in [-0.15, -0.1) is 0 Å². The molecule has 0 bridgehead atoms. The van der Waals surface area contributed by atoms with Crippen molar-refractivity contribution in [2.24, 2.45) is 0 Å². The molecule has 0 atom stereocenters. The van der Waals surface area contributed by atoms with Crippen LogP contribution in [0.3, 0.4) is 0 Å². The maximum absolute atomic E-state index is 11.6. The number of aromatic nitrogens is 1. The number of rotatable bonds is 5. The van der Waals surface area contributed by atoms with E-state index in [1.807, 2.05) is 20.8 Å². The summed E-state index contributed by atoms with van der Waals surface area (Å²) < 4.78 is 29.8. The number of nitrogens with zero attached hydrogens (tertiary/aromatic N) is 2. The Bertz CT molecular complexity index is 526. The number of ether oxygens (including phenoxy) is 1. The van der Waals surface area contributed by atoms with Crippen molar-refractivity contribution >= 4 is 10.0 Å². The van der Waals surface area contributed by atoms with Crippen molar-refractivity contribution in [3.05, 3.63) is 23.0 Å². The van der Waals surface area contributed by atoms with Crippen molar-refractivity contribution in [3.63, 3.8) is 0 Å². The zero-order valence-electron chi connectivity index (χ0n) is 11.5. The van der Waals surface area contributed by atoms with E-state index in [0.717, 1.165) is 22.6 Å². The third kappa shape index (κ3) is 3.20. The first-order valence-corrected chi connectivity index (χ1v) is 7.60. The standard InChI is InChI=1S/C12H20N2O3S/c1-6-14(18(5,15)16)8-11-10(3)12(17-4)9(2)7-13-11/h7H,6,8H2,1-5H3. The fourth-order valence-corrected chi connectivity index (χ4v) is 2.69. The Kier molecular flexibility index (Phi) is 4.70. The van der Waals surface area contributed by atoms with E-state index in [0.29, 0.717) is 6.54 Å². The fourth-order valence-electron chi connectivity index (χ4n) is 1.86. The second kappa shape index (κ2) is 5.67. The maximum atomic E-state index is 11.6. The molecule has 0 aliphatic rings. The SMILES string of the molecule is CCN(Cc1ncc(C)c(OC)c1C)S(C)(=O)=O. The Morgan fingerprint density at radius 3 is 2.44 bits per heavy atom. The number of sulfonamides is 1. The molecule has 0 amide bonds. The summed E-state index contributed by atoms with van der Waals surface area (Å²) >= 11 is 0. The van der Waals surface area contributed by atoms with E-state index < -0.39 is 10.0 Å². The molecule has 0 saturated carbocycles. The largest absolute Gasteiger partial charge is 0.496 e. The highest BCUT2D eigenvalue weighted by atomic mass is 32.2. The maximum Gasteiger partial charge on any atom is 0.211 e. The molecule has 6 heteroatoms. The van der Waals surface area contributed by atoms with E-state index >= 15 is 0 Å². The van der Waals surface area contributed by atoms with Crippen LogP contribution in [0.4, 0.5) is 0 Å². The molecule has 0 aromatic carbocycles. The summed E-state index contributed by atoms with van der Waals surface area (Å²) in [7, 11) is -1.60. The van der Waals surface area contributed by atoms with Crippen LogP contribution in [0.5, 0.6) is 5.75 Å². The minimum atomic E-state index is -3.21. The van der Waals surface area contributed by atoms with Crippen molar-refractivity contribution in [3.8, 4) is 5.75 Å². The quantitative estimate of drug-likeness (QED) is 0.815. The Morgan fingerprint density at radius 1 is 1.39 bits per heavy atom. The van der Waals surface area contributed by atoms with Crippen LogP contribution in [-0.2, 0) is 16.6 Å². The lowest BCUT2D eigenvalue weighted by Crippen LogP contribution is -2.30. The van der Waals surface area contributed by atoms with Gasteiger partial charge in [-0.2, -0.15) is 4.31 Å². The molecule has 1 rings (SSSR count). The van der Waals surface area contributed by atoms with Gasteiger partial charge in [0.05, 0.1) is 25.6 Å². The molecule has 0 aliphatic heterocycles. The van der Waals surface area contributed by atoms with E-state index in [1.54, 1.807) is 13.3 Å². The first kappa shape index (κ1) is 14.9. The molecule has 0 fully saturated rings. The van der Waals surface area contributed by atoms with Gasteiger partial charge in [0.15, 0.2) is 0 Å². The number of pyridine rings is 1. The number of methoxy groups -OCH3 is 1. The van der Waals surface area contributed by atoms with E-state index in [-0.39, 0.29) is 6.54 Å². The molecular formula is C12H20N2O3S. The van der Waals surface area contributed by atoms with Gasteiger partial charge in [-0.05, 0) is 13.8 Å². The number of aryl methyl sites for hydroxylation is 1. The summed E-state index contributed by atoms with van der Waals surface area (Å²) in [4.78, 5) is 4.30. The highest BCUT2D eigenvalue weighted by Gasteiger charge is 2.18. The Morgan fingerprint density at radius 2 is 2.00 bits per heavy atom. The van der Waals surface area contributed by atoms with Gasteiger partial charge in [0, 0.05) is 23.9 Å². The molecule has 5 nitrogen and oxygen atoms in total. The van der Waals surface area contributed by atoms with E-state index in [2.05, 4.69) is 4.98 Å². The van der Waals surface area contributed by atoms with E-state index in [4.69, 9.17) is 4.74 Å². The molecule has 0 radical (unpaired) electrons. The van der Waals surface area contributed by atoms with E-state index in [1.165, 1.54) is 10.6 Å². The third-order valence-electron chi connectivity index (χ3n) is 2.90. The van der Waals surface area contributed by atoms with Crippen LogP contribution in [-0.4, -0.2) is 37.6 Å². The molecule has 1 aromatic heterocycles. The van der Waals surface area contributed by atoms with Crippen molar-refractivity contribution in [1.29, 1.82) is 0 Å². The van der Waals surface area contributed by atoms with Gasteiger partial charge < -0.3 is 4.74 Å². The van der Waals surface area contributed by atoms with Crippen LogP contribution in [0.2, 0.25) is 0 Å². The first-order valence-electron chi connectivity index (χ1n) is 5.75. The van der Waals surface area contributed by atoms with Crippen LogP contribution >= 0.6 is 0 Å². The Labute approximate surface area is 109 Å². The molecule has 102 valence electrons. The van der Waals surface area contributed by atoms with Crippen molar-refractivity contribution in [2.75, 3.05) is 19.9 Å². The normalized spacial score (nSPS) is 11.9. The lowest BCUT2D eigenvalue weighted by Gasteiger charge is -2.19. The summed E-state index contributed by atoms with van der Waals surface area (Å²) in [5.41, 5.74) is 2.56. The van der Waals surface area contributed by atoms with E-state index in [9.17, 15) is 8.42 Å². The first-order chi connectivity index (χ1) is 8.31.